The van der Waals surface area contributed by atoms with Crippen molar-refractivity contribution in [3.05, 3.63) is 59.4 Å². The van der Waals surface area contributed by atoms with Crippen LogP contribution in [0.25, 0.3) is 6.08 Å². The van der Waals surface area contributed by atoms with Crippen LogP contribution in [0.1, 0.15) is 42.5 Å². The zero-order chi connectivity index (χ0) is 20.9. The summed E-state index contributed by atoms with van der Waals surface area (Å²) >= 11 is 0. The molecule has 0 saturated carbocycles. The molecule has 0 radical (unpaired) electrons. The lowest BCUT2D eigenvalue weighted by Crippen LogP contribution is -2.47. The van der Waals surface area contributed by atoms with Crippen molar-refractivity contribution in [2.75, 3.05) is 37.6 Å². The molecule has 1 amide bonds. The number of anilines is 1. The first-order valence-electron chi connectivity index (χ1n) is 10.2. The zero-order valence-electron chi connectivity index (χ0n) is 17.9. The topological polar surface area (TPSA) is 61.4 Å². The van der Waals surface area contributed by atoms with Crippen LogP contribution >= 0.6 is 0 Å². The molecule has 1 aromatic carbocycles. The molecular formula is C23H31N5O. The Balaban J connectivity index is 1.57. The minimum atomic E-state index is -0.297. The molecule has 154 valence electrons. The Morgan fingerprint density at radius 3 is 2.45 bits per heavy atom. The summed E-state index contributed by atoms with van der Waals surface area (Å²) in [5, 5.41) is 2.97. The third-order valence-electron chi connectivity index (χ3n) is 4.69. The fourth-order valence-electron chi connectivity index (χ4n) is 3.25. The highest BCUT2D eigenvalue weighted by Crippen LogP contribution is 2.14. The van der Waals surface area contributed by atoms with Gasteiger partial charge in [-0.3, -0.25) is 9.69 Å². The van der Waals surface area contributed by atoms with Gasteiger partial charge in [-0.15, -0.1) is 0 Å². The first-order chi connectivity index (χ1) is 13.8. The standard InChI is InChI=1S/C23H31N5O/c1-18-17-20(21(29)26-23(2,3)4)25-22(24-18)28-15-13-27(14-16-28)12-8-11-19-9-6-5-7-10-19/h5-11,17H,12-16H2,1-4H3,(H,26,29)/b11-8+. The third kappa shape index (κ3) is 6.39. The van der Waals surface area contributed by atoms with E-state index in [-0.39, 0.29) is 11.4 Å². The average Bonchev–Trinajstić information content (AvgIpc) is 2.67. The lowest BCUT2D eigenvalue weighted by atomic mass is 10.1. The molecule has 0 unspecified atom stereocenters. The van der Waals surface area contributed by atoms with Gasteiger partial charge in [0.15, 0.2) is 0 Å². The maximum absolute atomic E-state index is 12.5. The normalized spacial score (nSPS) is 15.7. The van der Waals surface area contributed by atoms with E-state index >= 15 is 0 Å². The Morgan fingerprint density at radius 2 is 1.79 bits per heavy atom. The average molecular weight is 394 g/mol. The van der Waals surface area contributed by atoms with E-state index in [0.717, 1.165) is 38.4 Å². The molecule has 6 nitrogen and oxygen atoms in total. The van der Waals surface area contributed by atoms with Crippen molar-refractivity contribution in [3.63, 3.8) is 0 Å². The second-order valence-electron chi connectivity index (χ2n) is 8.50. The summed E-state index contributed by atoms with van der Waals surface area (Å²) in [6, 6.07) is 12.1. The first-order valence-corrected chi connectivity index (χ1v) is 10.2. The van der Waals surface area contributed by atoms with E-state index < -0.39 is 0 Å². The molecule has 2 heterocycles. The van der Waals surface area contributed by atoms with Crippen LogP contribution in [-0.4, -0.2) is 59.0 Å². The number of carbonyl (C=O) groups is 1. The fourth-order valence-corrected chi connectivity index (χ4v) is 3.25. The van der Waals surface area contributed by atoms with Crippen LogP contribution in [0.3, 0.4) is 0 Å². The van der Waals surface area contributed by atoms with Crippen LogP contribution < -0.4 is 10.2 Å². The van der Waals surface area contributed by atoms with Crippen molar-refractivity contribution in [3.8, 4) is 0 Å². The molecule has 0 atom stereocenters. The van der Waals surface area contributed by atoms with Crippen LogP contribution in [0.4, 0.5) is 5.95 Å². The van der Waals surface area contributed by atoms with Gasteiger partial charge in [-0.25, -0.2) is 9.97 Å². The van der Waals surface area contributed by atoms with E-state index in [9.17, 15) is 4.79 Å². The number of carbonyl (C=O) groups excluding carboxylic acids is 1. The second-order valence-corrected chi connectivity index (χ2v) is 8.50. The number of benzene rings is 1. The highest BCUT2D eigenvalue weighted by atomic mass is 16.2. The molecule has 3 rings (SSSR count). The Bertz CT molecular complexity index is 849. The molecule has 1 aliphatic heterocycles. The summed E-state index contributed by atoms with van der Waals surface area (Å²) in [6.45, 7) is 12.3. The SMILES string of the molecule is Cc1cc(C(=O)NC(C)(C)C)nc(N2CCN(C/C=C/c3ccccc3)CC2)n1. The van der Waals surface area contributed by atoms with E-state index in [1.165, 1.54) is 5.56 Å². The van der Waals surface area contributed by atoms with Gasteiger partial charge < -0.3 is 10.2 Å². The van der Waals surface area contributed by atoms with Crippen LogP contribution in [0.15, 0.2) is 42.5 Å². The molecule has 1 aromatic heterocycles. The van der Waals surface area contributed by atoms with Gasteiger partial charge >= 0.3 is 0 Å². The molecule has 1 fully saturated rings. The maximum Gasteiger partial charge on any atom is 0.270 e. The predicted molar refractivity (Wildman–Crippen MR) is 118 cm³/mol. The van der Waals surface area contributed by atoms with Crippen molar-refractivity contribution in [1.29, 1.82) is 0 Å². The van der Waals surface area contributed by atoms with Gasteiger partial charge in [0.2, 0.25) is 5.95 Å². The molecule has 2 aromatic rings. The van der Waals surface area contributed by atoms with Crippen LogP contribution in [0, 0.1) is 6.92 Å². The van der Waals surface area contributed by atoms with Crippen LogP contribution in [-0.2, 0) is 0 Å². The molecule has 1 aliphatic rings. The van der Waals surface area contributed by atoms with E-state index in [1.54, 1.807) is 6.07 Å². The Kier molecular flexibility index (Phi) is 6.64. The minimum absolute atomic E-state index is 0.158. The van der Waals surface area contributed by atoms with Crippen molar-refractivity contribution in [2.45, 2.75) is 33.2 Å². The van der Waals surface area contributed by atoms with Crippen LogP contribution in [0.5, 0.6) is 0 Å². The summed E-state index contributed by atoms with van der Waals surface area (Å²) in [5.74, 6) is 0.484. The van der Waals surface area contributed by atoms with Gasteiger partial charge in [0, 0.05) is 44.0 Å². The summed E-state index contributed by atoms with van der Waals surface area (Å²) in [4.78, 5) is 26.2. The molecule has 1 N–H and O–H groups in total. The van der Waals surface area contributed by atoms with E-state index in [2.05, 4.69) is 61.5 Å². The monoisotopic (exact) mass is 393 g/mol. The van der Waals surface area contributed by atoms with E-state index in [1.807, 2.05) is 33.8 Å². The quantitative estimate of drug-likeness (QED) is 0.846. The zero-order valence-corrected chi connectivity index (χ0v) is 17.9. The summed E-state index contributed by atoms with van der Waals surface area (Å²) in [7, 11) is 0. The summed E-state index contributed by atoms with van der Waals surface area (Å²) < 4.78 is 0. The Labute approximate surface area is 173 Å². The smallest absolute Gasteiger partial charge is 0.270 e. The van der Waals surface area contributed by atoms with Crippen LogP contribution in [0.2, 0.25) is 0 Å². The lowest BCUT2D eigenvalue weighted by molar-refractivity contribution is 0.0914. The van der Waals surface area contributed by atoms with Gasteiger partial charge in [-0.2, -0.15) is 0 Å². The van der Waals surface area contributed by atoms with Gasteiger partial charge in [-0.05, 0) is 39.3 Å². The van der Waals surface area contributed by atoms with Gasteiger partial charge in [0.1, 0.15) is 5.69 Å². The predicted octanol–water partition coefficient (Wildman–Crippen LogP) is 3.15. The first kappa shape index (κ1) is 21.0. The molecule has 0 bridgehead atoms. The number of piperazine rings is 1. The molecular weight excluding hydrogens is 362 g/mol. The minimum Gasteiger partial charge on any atom is -0.346 e. The van der Waals surface area contributed by atoms with E-state index in [0.29, 0.717) is 11.6 Å². The summed E-state index contributed by atoms with van der Waals surface area (Å²) in [5.41, 5.74) is 2.16. The third-order valence-corrected chi connectivity index (χ3v) is 4.69. The fraction of sp³-hybridized carbons (Fsp3) is 0.435. The number of amides is 1. The number of nitrogens with zero attached hydrogens (tertiary/aromatic N) is 4. The summed E-state index contributed by atoms with van der Waals surface area (Å²) in [6.07, 6.45) is 4.37. The van der Waals surface area contributed by atoms with Gasteiger partial charge in [0.05, 0.1) is 0 Å². The maximum atomic E-state index is 12.5. The number of hydrogen-bond donors (Lipinski definition) is 1. The second kappa shape index (κ2) is 9.18. The molecule has 0 spiro atoms. The number of aromatic nitrogens is 2. The Morgan fingerprint density at radius 1 is 1.10 bits per heavy atom. The van der Waals surface area contributed by atoms with Crippen molar-refractivity contribution >= 4 is 17.9 Å². The van der Waals surface area contributed by atoms with Crippen molar-refractivity contribution in [1.82, 2.24) is 20.2 Å². The molecule has 29 heavy (non-hydrogen) atoms. The van der Waals surface area contributed by atoms with Gasteiger partial charge in [0.25, 0.3) is 5.91 Å². The van der Waals surface area contributed by atoms with Crippen molar-refractivity contribution in [2.24, 2.45) is 0 Å². The number of rotatable bonds is 5. The highest BCUT2D eigenvalue weighted by molar-refractivity contribution is 5.93. The van der Waals surface area contributed by atoms with Crippen molar-refractivity contribution < 1.29 is 4.79 Å². The number of nitrogens with one attached hydrogen (secondary N) is 1. The number of aryl methyl sites for hydroxylation is 1. The Hall–Kier alpha value is -2.73. The molecule has 0 aliphatic carbocycles. The molecule has 6 heteroatoms. The molecule has 1 saturated heterocycles. The van der Waals surface area contributed by atoms with E-state index in [4.69, 9.17) is 0 Å². The largest absolute Gasteiger partial charge is 0.346 e. The van der Waals surface area contributed by atoms with Gasteiger partial charge in [-0.1, -0.05) is 42.5 Å². The highest BCUT2D eigenvalue weighted by Gasteiger charge is 2.22. The lowest BCUT2D eigenvalue weighted by Gasteiger charge is -2.34. The number of hydrogen-bond acceptors (Lipinski definition) is 5.